The first kappa shape index (κ1) is 15.1. The highest BCUT2D eigenvalue weighted by Crippen LogP contribution is 2.26. The van der Waals surface area contributed by atoms with E-state index in [1.807, 2.05) is 0 Å². The minimum atomic E-state index is -0.687. The van der Waals surface area contributed by atoms with Crippen LogP contribution < -0.4 is 5.73 Å². The van der Waals surface area contributed by atoms with Crippen molar-refractivity contribution in [2.45, 2.75) is 19.4 Å². The molecule has 0 amide bonds. The standard InChI is InChI=1S/C15H13BrF3N/c1-8-4-11(14(19)7-13(8)18)15(20)6-9-5-10(17)2-3-12(9)16/h2-5,7,15H,6,20H2,1H3. The second kappa shape index (κ2) is 5.97. The van der Waals surface area contributed by atoms with E-state index in [1.165, 1.54) is 18.2 Å². The van der Waals surface area contributed by atoms with Gasteiger partial charge in [0.2, 0.25) is 0 Å². The summed E-state index contributed by atoms with van der Waals surface area (Å²) >= 11 is 3.30. The Morgan fingerprint density at radius 3 is 2.50 bits per heavy atom. The molecule has 20 heavy (non-hydrogen) atoms. The lowest BCUT2D eigenvalue weighted by Gasteiger charge is -2.15. The van der Waals surface area contributed by atoms with Gasteiger partial charge in [0.05, 0.1) is 0 Å². The lowest BCUT2D eigenvalue weighted by atomic mass is 9.97. The van der Waals surface area contributed by atoms with Gasteiger partial charge in [-0.25, -0.2) is 13.2 Å². The quantitative estimate of drug-likeness (QED) is 0.877. The highest BCUT2D eigenvalue weighted by Gasteiger charge is 2.16. The van der Waals surface area contributed by atoms with Crippen LogP contribution in [0.3, 0.4) is 0 Å². The largest absolute Gasteiger partial charge is 0.324 e. The number of halogens is 4. The van der Waals surface area contributed by atoms with Crippen molar-refractivity contribution in [1.82, 2.24) is 0 Å². The van der Waals surface area contributed by atoms with Crippen molar-refractivity contribution in [3.05, 3.63) is 68.9 Å². The van der Waals surface area contributed by atoms with E-state index in [0.29, 0.717) is 15.6 Å². The van der Waals surface area contributed by atoms with Crippen molar-refractivity contribution in [3.63, 3.8) is 0 Å². The molecule has 1 nitrogen and oxygen atoms in total. The van der Waals surface area contributed by atoms with Gasteiger partial charge in [-0.2, -0.15) is 0 Å². The first-order chi connectivity index (χ1) is 9.38. The van der Waals surface area contributed by atoms with Crippen molar-refractivity contribution < 1.29 is 13.2 Å². The Morgan fingerprint density at radius 1 is 1.10 bits per heavy atom. The van der Waals surface area contributed by atoms with Crippen LogP contribution in [-0.2, 0) is 6.42 Å². The topological polar surface area (TPSA) is 26.0 Å². The smallest absolute Gasteiger partial charge is 0.130 e. The summed E-state index contributed by atoms with van der Waals surface area (Å²) in [5.41, 5.74) is 7.15. The number of hydrogen-bond donors (Lipinski definition) is 1. The predicted molar refractivity (Wildman–Crippen MR) is 75.8 cm³/mol. The van der Waals surface area contributed by atoms with E-state index in [9.17, 15) is 13.2 Å². The van der Waals surface area contributed by atoms with Crippen molar-refractivity contribution in [3.8, 4) is 0 Å². The molecule has 0 bridgehead atoms. The molecular weight excluding hydrogens is 331 g/mol. The summed E-state index contributed by atoms with van der Waals surface area (Å²) in [6.45, 7) is 1.54. The van der Waals surface area contributed by atoms with E-state index in [2.05, 4.69) is 15.9 Å². The molecule has 0 heterocycles. The van der Waals surface area contributed by atoms with Crippen LogP contribution in [0.2, 0.25) is 0 Å². The Labute approximate surface area is 123 Å². The van der Waals surface area contributed by atoms with Crippen LogP contribution in [0.15, 0.2) is 34.8 Å². The molecule has 0 fully saturated rings. The molecule has 0 aromatic heterocycles. The first-order valence-electron chi connectivity index (χ1n) is 6.03. The number of benzene rings is 2. The third-order valence-electron chi connectivity index (χ3n) is 3.13. The van der Waals surface area contributed by atoms with E-state index in [0.717, 1.165) is 6.07 Å². The molecule has 0 saturated carbocycles. The fourth-order valence-corrected chi connectivity index (χ4v) is 2.42. The van der Waals surface area contributed by atoms with Gasteiger partial charge in [0.25, 0.3) is 0 Å². The summed E-state index contributed by atoms with van der Waals surface area (Å²) in [4.78, 5) is 0. The van der Waals surface area contributed by atoms with Crippen LogP contribution in [0, 0.1) is 24.4 Å². The molecule has 1 unspecified atom stereocenters. The van der Waals surface area contributed by atoms with Crippen molar-refractivity contribution in [2.75, 3.05) is 0 Å². The monoisotopic (exact) mass is 343 g/mol. The zero-order chi connectivity index (χ0) is 14.9. The molecule has 0 aliphatic carbocycles. The Morgan fingerprint density at radius 2 is 1.80 bits per heavy atom. The van der Waals surface area contributed by atoms with Gasteiger partial charge in [0, 0.05) is 22.1 Å². The Bertz CT molecular complexity index is 643. The van der Waals surface area contributed by atoms with Crippen LogP contribution in [0.25, 0.3) is 0 Å². The summed E-state index contributed by atoms with van der Waals surface area (Å²) in [7, 11) is 0. The van der Waals surface area contributed by atoms with Gasteiger partial charge < -0.3 is 5.73 Å². The van der Waals surface area contributed by atoms with Gasteiger partial charge in [0.1, 0.15) is 17.5 Å². The van der Waals surface area contributed by atoms with Crippen molar-refractivity contribution >= 4 is 15.9 Å². The van der Waals surface area contributed by atoms with Gasteiger partial charge in [-0.3, -0.25) is 0 Å². The van der Waals surface area contributed by atoms with E-state index in [4.69, 9.17) is 5.73 Å². The fourth-order valence-electron chi connectivity index (χ4n) is 2.01. The minimum absolute atomic E-state index is 0.222. The highest BCUT2D eigenvalue weighted by atomic mass is 79.9. The molecule has 0 radical (unpaired) electrons. The van der Waals surface area contributed by atoms with Crippen LogP contribution in [0.4, 0.5) is 13.2 Å². The van der Waals surface area contributed by atoms with Gasteiger partial charge in [-0.05, 0) is 48.7 Å². The van der Waals surface area contributed by atoms with Gasteiger partial charge in [-0.15, -0.1) is 0 Å². The summed E-state index contributed by atoms with van der Waals surface area (Å²) in [5, 5.41) is 0. The summed E-state index contributed by atoms with van der Waals surface area (Å²) in [6.07, 6.45) is 0.250. The number of nitrogens with two attached hydrogens (primary N) is 1. The summed E-state index contributed by atoms with van der Waals surface area (Å²) in [5.74, 6) is -1.68. The summed E-state index contributed by atoms with van der Waals surface area (Å²) < 4.78 is 40.9. The van der Waals surface area contributed by atoms with Gasteiger partial charge >= 0.3 is 0 Å². The predicted octanol–water partition coefficient (Wildman–Crippen LogP) is 4.42. The molecule has 0 spiro atoms. The van der Waals surface area contributed by atoms with E-state index < -0.39 is 17.7 Å². The Hall–Kier alpha value is -1.33. The maximum atomic E-state index is 13.8. The second-order valence-corrected chi connectivity index (χ2v) is 5.52. The minimum Gasteiger partial charge on any atom is -0.324 e. The molecule has 0 saturated heterocycles. The van der Waals surface area contributed by atoms with Crippen LogP contribution >= 0.6 is 15.9 Å². The van der Waals surface area contributed by atoms with Gasteiger partial charge in [-0.1, -0.05) is 15.9 Å². The number of rotatable bonds is 3. The molecular formula is C15H13BrF3N. The third-order valence-corrected chi connectivity index (χ3v) is 3.90. The maximum Gasteiger partial charge on any atom is 0.130 e. The van der Waals surface area contributed by atoms with E-state index in [-0.39, 0.29) is 17.8 Å². The molecule has 0 aliphatic heterocycles. The average Bonchev–Trinajstić information content (AvgIpc) is 2.38. The Kier molecular flexibility index (Phi) is 4.50. The molecule has 2 aromatic carbocycles. The SMILES string of the molecule is Cc1cc(C(N)Cc2cc(F)ccc2Br)c(F)cc1F. The van der Waals surface area contributed by atoms with Crippen LogP contribution in [0.1, 0.15) is 22.7 Å². The average molecular weight is 344 g/mol. The van der Waals surface area contributed by atoms with Crippen molar-refractivity contribution in [1.29, 1.82) is 0 Å². The van der Waals surface area contributed by atoms with Gasteiger partial charge in [0.15, 0.2) is 0 Å². The fraction of sp³-hybridized carbons (Fsp3) is 0.200. The normalized spacial score (nSPS) is 12.5. The lowest BCUT2D eigenvalue weighted by Crippen LogP contribution is -2.16. The molecule has 5 heteroatoms. The zero-order valence-corrected chi connectivity index (χ0v) is 12.3. The molecule has 0 aliphatic rings. The van der Waals surface area contributed by atoms with E-state index in [1.54, 1.807) is 13.0 Å². The number of hydrogen-bond acceptors (Lipinski definition) is 1. The Balaban J connectivity index is 2.30. The van der Waals surface area contributed by atoms with E-state index >= 15 is 0 Å². The lowest BCUT2D eigenvalue weighted by molar-refractivity contribution is 0.549. The highest BCUT2D eigenvalue weighted by molar-refractivity contribution is 9.10. The third kappa shape index (κ3) is 3.22. The van der Waals surface area contributed by atoms with Crippen molar-refractivity contribution in [2.24, 2.45) is 5.73 Å². The molecule has 106 valence electrons. The maximum absolute atomic E-state index is 13.8. The van der Waals surface area contributed by atoms with Crippen LogP contribution in [-0.4, -0.2) is 0 Å². The molecule has 2 aromatic rings. The molecule has 2 N–H and O–H groups in total. The summed E-state index contributed by atoms with van der Waals surface area (Å²) in [6, 6.07) is 5.78. The second-order valence-electron chi connectivity index (χ2n) is 4.67. The molecule has 2 rings (SSSR count). The zero-order valence-electron chi connectivity index (χ0n) is 10.8. The first-order valence-corrected chi connectivity index (χ1v) is 6.83. The van der Waals surface area contributed by atoms with Crippen LogP contribution in [0.5, 0.6) is 0 Å². The number of aryl methyl sites for hydroxylation is 1. The molecule has 1 atom stereocenters.